The van der Waals surface area contributed by atoms with Gasteiger partial charge < -0.3 is 9.47 Å². The van der Waals surface area contributed by atoms with Gasteiger partial charge in [0.15, 0.2) is 0 Å². The van der Waals surface area contributed by atoms with Crippen molar-refractivity contribution in [2.24, 2.45) is 5.10 Å². The molecule has 3 rings (SSSR count). The molecule has 0 radical (unpaired) electrons. The molecule has 0 saturated heterocycles. The van der Waals surface area contributed by atoms with E-state index in [1.807, 2.05) is 48.5 Å². The van der Waals surface area contributed by atoms with Crippen LogP contribution in [0.5, 0.6) is 11.5 Å². The van der Waals surface area contributed by atoms with Gasteiger partial charge in [0.2, 0.25) is 10.0 Å². The zero-order valence-corrected chi connectivity index (χ0v) is 20.1. The van der Waals surface area contributed by atoms with Crippen LogP contribution in [0.3, 0.4) is 0 Å². The lowest BCUT2D eigenvalue weighted by Gasteiger charge is -2.17. The molecule has 0 aliphatic carbocycles. The van der Waals surface area contributed by atoms with E-state index in [0.717, 1.165) is 15.4 Å². The third kappa shape index (κ3) is 6.66. The summed E-state index contributed by atoms with van der Waals surface area (Å²) in [6.07, 6.45) is 1.47. The number of hydrazone groups is 1. The van der Waals surface area contributed by atoms with Crippen molar-refractivity contribution in [2.45, 2.75) is 18.4 Å². The molecule has 0 aliphatic heterocycles. The number of nitrogens with zero attached hydrogens (tertiary/aromatic N) is 2. The second-order valence-corrected chi connectivity index (χ2v) is 9.58. The number of rotatable bonds is 10. The number of aryl methyl sites for hydroxylation is 1. The van der Waals surface area contributed by atoms with E-state index in [1.165, 1.54) is 32.5 Å². The van der Waals surface area contributed by atoms with Crippen LogP contribution in [0, 0.1) is 6.92 Å². The van der Waals surface area contributed by atoms with Crippen molar-refractivity contribution in [3.05, 3.63) is 89.5 Å². The van der Waals surface area contributed by atoms with Crippen LogP contribution >= 0.6 is 0 Å². The minimum absolute atomic E-state index is 0.0805. The van der Waals surface area contributed by atoms with Gasteiger partial charge in [-0.3, -0.25) is 4.79 Å². The maximum Gasteiger partial charge on any atom is 0.255 e. The maximum atomic E-state index is 12.8. The molecule has 0 heterocycles. The van der Waals surface area contributed by atoms with Gasteiger partial charge in [-0.05, 0) is 53.9 Å². The average molecular weight is 482 g/mol. The third-order valence-corrected chi connectivity index (χ3v) is 6.75. The van der Waals surface area contributed by atoms with E-state index >= 15 is 0 Å². The summed E-state index contributed by atoms with van der Waals surface area (Å²) in [7, 11) is -0.991. The van der Waals surface area contributed by atoms with Gasteiger partial charge in [-0.1, -0.05) is 42.5 Å². The summed E-state index contributed by atoms with van der Waals surface area (Å²) in [6.45, 7) is 1.80. The topological polar surface area (TPSA) is 97.3 Å². The Balaban J connectivity index is 1.55. The fourth-order valence-electron chi connectivity index (χ4n) is 3.12. The number of carbonyl (C=O) groups is 1. The zero-order chi connectivity index (χ0) is 24.6. The number of sulfonamides is 1. The average Bonchev–Trinajstić information content (AvgIpc) is 2.83. The van der Waals surface area contributed by atoms with E-state index in [9.17, 15) is 13.2 Å². The summed E-state index contributed by atoms with van der Waals surface area (Å²) in [5, 5.41) is 3.93. The van der Waals surface area contributed by atoms with Crippen LogP contribution in [0.15, 0.2) is 82.8 Å². The minimum atomic E-state index is -3.85. The Hall–Kier alpha value is -3.69. The number of carbonyl (C=O) groups excluding carboxylic acids is 1. The van der Waals surface area contributed by atoms with Gasteiger partial charge in [-0.25, -0.2) is 13.8 Å². The fraction of sp³-hybridized carbons (Fsp3) is 0.200. The molecule has 0 aliphatic rings. The molecule has 0 unspecified atom stereocenters. The molecule has 1 amide bonds. The first kappa shape index (κ1) is 24.9. The van der Waals surface area contributed by atoms with Crippen molar-refractivity contribution < 1.29 is 22.7 Å². The molecule has 178 valence electrons. The van der Waals surface area contributed by atoms with E-state index in [4.69, 9.17) is 9.47 Å². The first-order valence-corrected chi connectivity index (χ1v) is 11.9. The Morgan fingerprint density at radius 1 is 1.06 bits per heavy atom. The lowest BCUT2D eigenvalue weighted by atomic mass is 10.2. The second-order valence-electron chi connectivity index (χ2n) is 7.53. The molecular formula is C25H27N3O5S. The number of amides is 1. The number of ether oxygens (including phenoxy) is 2. The second kappa shape index (κ2) is 11.4. The van der Waals surface area contributed by atoms with Gasteiger partial charge in [0, 0.05) is 7.05 Å². The molecule has 8 nitrogen and oxygen atoms in total. The van der Waals surface area contributed by atoms with Gasteiger partial charge >= 0.3 is 0 Å². The number of hydrogen-bond acceptors (Lipinski definition) is 6. The van der Waals surface area contributed by atoms with Gasteiger partial charge in [0.25, 0.3) is 5.91 Å². The highest BCUT2D eigenvalue weighted by molar-refractivity contribution is 7.89. The Labute approximate surface area is 199 Å². The number of likely N-dealkylation sites (N-methyl/N-ethyl adjacent to an activating group) is 1. The van der Waals surface area contributed by atoms with Gasteiger partial charge in [-0.2, -0.15) is 9.41 Å². The van der Waals surface area contributed by atoms with Crippen LogP contribution in [0.1, 0.15) is 16.7 Å². The van der Waals surface area contributed by atoms with Crippen molar-refractivity contribution in [3.63, 3.8) is 0 Å². The van der Waals surface area contributed by atoms with Crippen molar-refractivity contribution in [1.82, 2.24) is 9.73 Å². The predicted molar refractivity (Wildman–Crippen MR) is 130 cm³/mol. The summed E-state index contributed by atoms with van der Waals surface area (Å²) < 4.78 is 37.5. The standard InChI is InChI=1S/C25H27N3O5S/c1-19-14-23(12-13-24(19)32-3)34(30,31)28(2)17-25(29)27-26-16-21-10-7-11-22(15-21)33-18-20-8-5-4-6-9-20/h4-16H,17-18H2,1-3H3,(H,27,29)/b26-16-. The van der Waals surface area contributed by atoms with E-state index in [1.54, 1.807) is 19.1 Å². The van der Waals surface area contributed by atoms with Crippen LogP contribution in [-0.4, -0.2) is 45.5 Å². The lowest BCUT2D eigenvalue weighted by molar-refractivity contribution is -0.121. The van der Waals surface area contributed by atoms with Gasteiger partial charge in [0.05, 0.1) is 24.8 Å². The SMILES string of the molecule is COc1ccc(S(=O)(=O)N(C)CC(=O)N/N=C\c2cccc(OCc3ccccc3)c2)cc1C. The molecule has 0 bridgehead atoms. The molecule has 3 aromatic rings. The van der Waals surface area contributed by atoms with Crippen LogP contribution in [0.25, 0.3) is 0 Å². The predicted octanol–water partition coefficient (Wildman–Crippen LogP) is 3.35. The monoisotopic (exact) mass is 481 g/mol. The molecule has 0 fully saturated rings. The smallest absolute Gasteiger partial charge is 0.255 e. The number of methoxy groups -OCH3 is 1. The molecule has 0 aromatic heterocycles. The van der Waals surface area contributed by atoms with Crippen LogP contribution in [-0.2, 0) is 21.4 Å². The van der Waals surface area contributed by atoms with Crippen LogP contribution in [0.2, 0.25) is 0 Å². The molecule has 0 saturated carbocycles. The molecule has 34 heavy (non-hydrogen) atoms. The van der Waals surface area contributed by atoms with E-state index < -0.39 is 15.9 Å². The molecule has 0 atom stereocenters. The highest BCUT2D eigenvalue weighted by Gasteiger charge is 2.23. The summed E-state index contributed by atoms with van der Waals surface area (Å²) in [5.74, 6) is 0.687. The number of hydrogen-bond donors (Lipinski definition) is 1. The Bertz CT molecular complexity index is 1260. The van der Waals surface area contributed by atoms with Crippen molar-refractivity contribution in [2.75, 3.05) is 20.7 Å². The highest BCUT2D eigenvalue weighted by Crippen LogP contribution is 2.23. The zero-order valence-electron chi connectivity index (χ0n) is 19.3. The summed E-state index contributed by atoms with van der Waals surface area (Å²) >= 11 is 0. The Morgan fingerprint density at radius 2 is 1.82 bits per heavy atom. The summed E-state index contributed by atoms with van der Waals surface area (Å²) in [4.78, 5) is 12.3. The van der Waals surface area contributed by atoms with E-state index in [2.05, 4.69) is 10.5 Å². The molecule has 9 heteroatoms. The molecule has 1 N–H and O–H groups in total. The largest absolute Gasteiger partial charge is 0.496 e. The molecule has 0 spiro atoms. The first-order valence-electron chi connectivity index (χ1n) is 10.5. The van der Waals surface area contributed by atoms with Crippen LogP contribution in [0.4, 0.5) is 0 Å². The van der Waals surface area contributed by atoms with E-state index in [0.29, 0.717) is 23.7 Å². The number of benzene rings is 3. The normalized spacial score (nSPS) is 11.5. The highest BCUT2D eigenvalue weighted by atomic mass is 32.2. The molecular weight excluding hydrogens is 454 g/mol. The molecule has 3 aromatic carbocycles. The van der Waals surface area contributed by atoms with Crippen molar-refractivity contribution in [3.8, 4) is 11.5 Å². The Morgan fingerprint density at radius 3 is 2.53 bits per heavy atom. The summed E-state index contributed by atoms with van der Waals surface area (Å²) in [5.41, 5.74) is 4.81. The summed E-state index contributed by atoms with van der Waals surface area (Å²) in [6, 6.07) is 21.6. The van der Waals surface area contributed by atoms with Crippen LogP contribution < -0.4 is 14.9 Å². The van der Waals surface area contributed by atoms with Crippen molar-refractivity contribution in [1.29, 1.82) is 0 Å². The third-order valence-electron chi connectivity index (χ3n) is 4.95. The first-order chi connectivity index (χ1) is 16.3. The maximum absolute atomic E-state index is 12.8. The van der Waals surface area contributed by atoms with Gasteiger partial charge in [-0.15, -0.1) is 0 Å². The fourth-order valence-corrected chi connectivity index (χ4v) is 4.33. The minimum Gasteiger partial charge on any atom is -0.496 e. The van der Waals surface area contributed by atoms with E-state index in [-0.39, 0.29) is 11.4 Å². The Kier molecular flexibility index (Phi) is 8.39. The lowest BCUT2D eigenvalue weighted by Crippen LogP contribution is -2.36. The number of nitrogens with one attached hydrogen (secondary N) is 1. The quantitative estimate of drug-likeness (QED) is 0.354. The van der Waals surface area contributed by atoms with Gasteiger partial charge in [0.1, 0.15) is 18.1 Å². The van der Waals surface area contributed by atoms with Crippen molar-refractivity contribution >= 4 is 22.1 Å².